The maximum Gasteiger partial charge on any atom is 0.181 e. The number of sulfone groups is 1. The number of hydrogen-bond donors (Lipinski definition) is 1. The molecule has 0 aliphatic heterocycles. The van der Waals surface area contributed by atoms with Crippen LogP contribution >= 0.6 is 0 Å². The molecule has 0 fully saturated rings. The van der Waals surface area contributed by atoms with Crippen LogP contribution in [0.1, 0.15) is 26.2 Å². The molecule has 1 aromatic carbocycles. The summed E-state index contributed by atoms with van der Waals surface area (Å²) >= 11 is 0. The van der Waals surface area contributed by atoms with Crippen molar-refractivity contribution in [2.75, 3.05) is 12.8 Å². The second-order valence-corrected chi connectivity index (χ2v) is 6.51. The number of rotatable bonds is 7. The summed E-state index contributed by atoms with van der Waals surface area (Å²) in [7, 11) is -1.62. The van der Waals surface area contributed by atoms with Gasteiger partial charge in [-0.15, -0.1) is 0 Å². The third-order valence-corrected chi connectivity index (χ3v) is 4.79. The molecule has 0 aliphatic carbocycles. The van der Waals surface area contributed by atoms with Gasteiger partial charge in [-0.25, -0.2) is 12.8 Å². The van der Waals surface area contributed by atoms with Crippen LogP contribution in [-0.2, 0) is 9.84 Å². The molecule has 102 valence electrons. The van der Waals surface area contributed by atoms with Crippen molar-refractivity contribution in [3.63, 3.8) is 0 Å². The summed E-state index contributed by atoms with van der Waals surface area (Å²) in [6, 6.07) is 5.90. The largest absolute Gasteiger partial charge is 0.317 e. The molecule has 5 heteroatoms. The highest BCUT2D eigenvalue weighted by Crippen LogP contribution is 2.17. The van der Waals surface area contributed by atoms with Crippen LogP contribution < -0.4 is 5.32 Å². The van der Waals surface area contributed by atoms with Gasteiger partial charge in [0.05, 0.1) is 5.75 Å². The Kier molecular flexibility index (Phi) is 5.75. The maximum atomic E-state index is 13.4. The summed E-state index contributed by atoms with van der Waals surface area (Å²) in [5.41, 5.74) is 0. The van der Waals surface area contributed by atoms with Crippen molar-refractivity contribution in [1.29, 1.82) is 0 Å². The van der Waals surface area contributed by atoms with Gasteiger partial charge in [-0.3, -0.25) is 0 Å². The molecule has 0 heterocycles. The fourth-order valence-electron chi connectivity index (χ4n) is 1.69. The van der Waals surface area contributed by atoms with Crippen LogP contribution in [0.4, 0.5) is 4.39 Å². The molecule has 18 heavy (non-hydrogen) atoms. The molecule has 1 aromatic rings. The molecule has 0 aromatic heterocycles. The minimum absolute atomic E-state index is 0.00433. The fraction of sp³-hybridized carbons (Fsp3) is 0.538. The fourth-order valence-corrected chi connectivity index (χ4v) is 3.15. The Bertz CT molecular complexity index is 474. The molecule has 1 unspecified atom stereocenters. The molecule has 0 amide bonds. The highest BCUT2D eigenvalue weighted by Gasteiger charge is 2.17. The summed E-state index contributed by atoms with van der Waals surface area (Å²) in [6.45, 7) is 2.05. The molecular formula is C13H20FNO2S. The molecule has 0 radical (unpaired) electrons. The first-order valence-electron chi connectivity index (χ1n) is 6.12. The zero-order chi connectivity index (χ0) is 13.6. The molecule has 1 N–H and O–H groups in total. The van der Waals surface area contributed by atoms with E-state index in [1.807, 2.05) is 14.0 Å². The molecule has 3 nitrogen and oxygen atoms in total. The lowest BCUT2D eigenvalue weighted by Crippen LogP contribution is -2.21. The van der Waals surface area contributed by atoms with Crippen LogP contribution in [0.5, 0.6) is 0 Å². The minimum atomic E-state index is -3.49. The molecule has 0 saturated carbocycles. The van der Waals surface area contributed by atoms with Crippen molar-refractivity contribution in [1.82, 2.24) is 5.32 Å². The van der Waals surface area contributed by atoms with Crippen molar-refractivity contribution in [2.24, 2.45) is 0 Å². The first-order valence-corrected chi connectivity index (χ1v) is 7.77. The Morgan fingerprint density at radius 2 is 1.94 bits per heavy atom. The van der Waals surface area contributed by atoms with E-state index in [9.17, 15) is 12.8 Å². The van der Waals surface area contributed by atoms with Gasteiger partial charge >= 0.3 is 0 Å². The first kappa shape index (κ1) is 15.1. The van der Waals surface area contributed by atoms with Crippen LogP contribution in [0.25, 0.3) is 0 Å². The maximum absolute atomic E-state index is 13.4. The summed E-state index contributed by atoms with van der Waals surface area (Å²) < 4.78 is 37.2. The van der Waals surface area contributed by atoms with E-state index in [1.165, 1.54) is 18.2 Å². The first-order chi connectivity index (χ1) is 8.47. The van der Waals surface area contributed by atoms with Crippen molar-refractivity contribution < 1.29 is 12.8 Å². The zero-order valence-electron chi connectivity index (χ0n) is 10.8. The second-order valence-electron chi connectivity index (χ2n) is 4.43. The lowest BCUT2D eigenvalue weighted by molar-refractivity contribution is 0.531. The Hall–Kier alpha value is -0.940. The average molecular weight is 273 g/mol. The van der Waals surface area contributed by atoms with Gasteiger partial charge in [-0.05, 0) is 38.9 Å². The van der Waals surface area contributed by atoms with Crippen LogP contribution in [0.3, 0.4) is 0 Å². The van der Waals surface area contributed by atoms with Gasteiger partial charge in [0.2, 0.25) is 0 Å². The van der Waals surface area contributed by atoms with Crippen molar-refractivity contribution in [2.45, 2.75) is 37.1 Å². The van der Waals surface area contributed by atoms with E-state index in [0.29, 0.717) is 12.5 Å². The Morgan fingerprint density at radius 3 is 2.56 bits per heavy atom. The smallest absolute Gasteiger partial charge is 0.181 e. The predicted molar refractivity (Wildman–Crippen MR) is 70.8 cm³/mol. The lowest BCUT2D eigenvalue weighted by Gasteiger charge is -2.09. The summed E-state index contributed by atoms with van der Waals surface area (Å²) in [4.78, 5) is -0.188. The van der Waals surface area contributed by atoms with Crippen molar-refractivity contribution in [3.05, 3.63) is 30.1 Å². The molecule has 0 saturated heterocycles. The predicted octanol–water partition coefficient (Wildman–Crippen LogP) is 2.38. The molecule has 0 bridgehead atoms. The molecule has 1 atom stereocenters. The molecular weight excluding hydrogens is 253 g/mol. The van der Waals surface area contributed by atoms with Gasteiger partial charge in [-0.1, -0.05) is 18.6 Å². The SMILES string of the molecule is CNC(C)CCCCS(=O)(=O)c1ccccc1F. The summed E-state index contributed by atoms with van der Waals surface area (Å²) in [6.07, 6.45) is 2.29. The zero-order valence-corrected chi connectivity index (χ0v) is 11.6. The number of benzene rings is 1. The monoisotopic (exact) mass is 273 g/mol. The van der Waals surface area contributed by atoms with Crippen LogP contribution in [-0.4, -0.2) is 27.3 Å². The number of halogens is 1. The van der Waals surface area contributed by atoms with E-state index in [4.69, 9.17) is 0 Å². The minimum Gasteiger partial charge on any atom is -0.317 e. The van der Waals surface area contributed by atoms with E-state index in [0.717, 1.165) is 12.8 Å². The van der Waals surface area contributed by atoms with Crippen molar-refractivity contribution in [3.8, 4) is 0 Å². The third kappa shape index (κ3) is 4.38. The van der Waals surface area contributed by atoms with E-state index in [-0.39, 0.29) is 10.6 Å². The highest BCUT2D eigenvalue weighted by atomic mass is 32.2. The summed E-state index contributed by atoms with van der Waals surface area (Å²) in [5.74, 6) is -0.661. The number of nitrogens with one attached hydrogen (secondary N) is 1. The van der Waals surface area contributed by atoms with E-state index < -0.39 is 15.7 Å². The highest BCUT2D eigenvalue weighted by molar-refractivity contribution is 7.91. The Labute approximate surface area is 108 Å². The van der Waals surface area contributed by atoms with Gasteiger partial charge in [0.25, 0.3) is 0 Å². The standard InChI is InChI=1S/C13H20FNO2S/c1-11(15-2)7-5-6-10-18(16,17)13-9-4-3-8-12(13)14/h3-4,8-9,11,15H,5-7,10H2,1-2H3. The van der Waals surface area contributed by atoms with Crippen LogP contribution in [0.2, 0.25) is 0 Å². The average Bonchev–Trinajstić information content (AvgIpc) is 2.34. The van der Waals surface area contributed by atoms with Crippen LogP contribution in [0.15, 0.2) is 29.2 Å². The van der Waals surface area contributed by atoms with Crippen molar-refractivity contribution >= 4 is 9.84 Å². The number of unbranched alkanes of at least 4 members (excludes halogenated alkanes) is 1. The van der Waals surface area contributed by atoms with Gasteiger partial charge in [-0.2, -0.15) is 0 Å². The topological polar surface area (TPSA) is 46.2 Å². The van der Waals surface area contributed by atoms with Gasteiger partial charge < -0.3 is 5.32 Å². The van der Waals surface area contributed by atoms with E-state index in [1.54, 1.807) is 6.07 Å². The second kappa shape index (κ2) is 6.85. The molecule has 1 rings (SSSR count). The lowest BCUT2D eigenvalue weighted by atomic mass is 10.1. The summed E-state index contributed by atoms with van der Waals surface area (Å²) in [5, 5.41) is 3.09. The quantitative estimate of drug-likeness (QED) is 0.776. The van der Waals surface area contributed by atoms with Gasteiger partial charge in [0.15, 0.2) is 9.84 Å². The normalized spacial score (nSPS) is 13.5. The Morgan fingerprint density at radius 1 is 1.28 bits per heavy atom. The van der Waals surface area contributed by atoms with Crippen LogP contribution in [0, 0.1) is 5.82 Å². The van der Waals surface area contributed by atoms with Gasteiger partial charge in [0, 0.05) is 6.04 Å². The van der Waals surface area contributed by atoms with E-state index >= 15 is 0 Å². The van der Waals surface area contributed by atoms with Gasteiger partial charge in [0.1, 0.15) is 10.7 Å². The molecule has 0 spiro atoms. The molecule has 0 aliphatic rings. The van der Waals surface area contributed by atoms with E-state index in [2.05, 4.69) is 5.32 Å². The third-order valence-electron chi connectivity index (χ3n) is 2.96. The Balaban J connectivity index is 2.54. The number of hydrogen-bond acceptors (Lipinski definition) is 3.